The average molecular weight is 278 g/mol. The Morgan fingerprint density at radius 2 is 2.15 bits per heavy atom. The molecule has 0 saturated heterocycles. The maximum atomic E-state index is 12.8. The standard InChI is InChI=1S/C14H19FN4O/c1-4-11(9(3)16-5-2)14-18-13(19-20-14)12-7-6-10(15)8-17-12/h6-9,11,16H,4-5H2,1-3H3. The van der Waals surface area contributed by atoms with Gasteiger partial charge in [0.2, 0.25) is 11.7 Å². The lowest BCUT2D eigenvalue weighted by atomic mass is 9.98. The molecule has 0 fully saturated rings. The van der Waals surface area contributed by atoms with E-state index in [4.69, 9.17) is 4.52 Å². The van der Waals surface area contributed by atoms with Gasteiger partial charge in [-0.25, -0.2) is 9.37 Å². The van der Waals surface area contributed by atoms with Crippen LogP contribution in [0.15, 0.2) is 22.9 Å². The van der Waals surface area contributed by atoms with Crippen molar-refractivity contribution in [3.8, 4) is 11.5 Å². The Balaban J connectivity index is 2.20. The van der Waals surface area contributed by atoms with Crippen molar-refractivity contribution < 1.29 is 8.91 Å². The van der Waals surface area contributed by atoms with Crippen LogP contribution in [0.25, 0.3) is 11.5 Å². The first kappa shape index (κ1) is 14.6. The van der Waals surface area contributed by atoms with E-state index in [-0.39, 0.29) is 17.8 Å². The largest absolute Gasteiger partial charge is 0.339 e. The maximum Gasteiger partial charge on any atom is 0.231 e. The highest BCUT2D eigenvalue weighted by atomic mass is 19.1. The number of hydrogen-bond acceptors (Lipinski definition) is 5. The molecule has 1 N–H and O–H groups in total. The summed E-state index contributed by atoms with van der Waals surface area (Å²) in [6.45, 7) is 7.12. The van der Waals surface area contributed by atoms with Crippen molar-refractivity contribution in [1.29, 1.82) is 0 Å². The average Bonchev–Trinajstić information content (AvgIpc) is 2.90. The van der Waals surface area contributed by atoms with Gasteiger partial charge < -0.3 is 9.84 Å². The van der Waals surface area contributed by atoms with Crippen LogP contribution in [0, 0.1) is 5.82 Å². The first-order chi connectivity index (χ1) is 9.65. The Morgan fingerprint density at radius 3 is 2.75 bits per heavy atom. The summed E-state index contributed by atoms with van der Waals surface area (Å²) >= 11 is 0. The summed E-state index contributed by atoms with van der Waals surface area (Å²) < 4.78 is 18.2. The van der Waals surface area contributed by atoms with E-state index in [1.165, 1.54) is 6.07 Å². The minimum absolute atomic E-state index is 0.150. The van der Waals surface area contributed by atoms with Gasteiger partial charge in [0.15, 0.2) is 0 Å². The Morgan fingerprint density at radius 1 is 1.35 bits per heavy atom. The van der Waals surface area contributed by atoms with Crippen LogP contribution in [-0.2, 0) is 0 Å². The zero-order chi connectivity index (χ0) is 14.5. The molecule has 0 saturated carbocycles. The quantitative estimate of drug-likeness (QED) is 0.880. The summed E-state index contributed by atoms with van der Waals surface area (Å²) in [6, 6.07) is 3.12. The summed E-state index contributed by atoms with van der Waals surface area (Å²) in [5.41, 5.74) is 0.507. The Bertz CT molecular complexity index is 540. The molecule has 0 aromatic carbocycles. The number of nitrogens with one attached hydrogen (secondary N) is 1. The molecule has 2 heterocycles. The predicted octanol–water partition coefficient (Wildman–Crippen LogP) is 2.76. The second-order valence-electron chi connectivity index (χ2n) is 4.68. The van der Waals surface area contributed by atoms with E-state index < -0.39 is 0 Å². The van der Waals surface area contributed by atoms with Gasteiger partial charge in [0.25, 0.3) is 0 Å². The van der Waals surface area contributed by atoms with E-state index in [1.807, 2.05) is 0 Å². The van der Waals surface area contributed by atoms with E-state index in [0.717, 1.165) is 19.2 Å². The molecular weight excluding hydrogens is 259 g/mol. The summed E-state index contributed by atoms with van der Waals surface area (Å²) in [4.78, 5) is 8.33. The van der Waals surface area contributed by atoms with Crippen LogP contribution in [-0.4, -0.2) is 27.7 Å². The number of rotatable bonds is 6. The second kappa shape index (κ2) is 6.56. The van der Waals surface area contributed by atoms with Crippen molar-refractivity contribution in [2.45, 2.75) is 39.2 Å². The fraction of sp³-hybridized carbons (Fsp3) is 0.500. The van der Waals surface area contributed by atoms with Gasteiger partial charge in [-0.15, -0.1) is 0 Å². The molecule has 0 aliphatic carbocycles. The van der Waals surface area contributed by atoms with Crippen LogP contribution >= 0.6 is 0 Å². The van der Waals surface area contributed by atoms with Gasteiger partial charge in [0, 0.05) is 6.04 Å². The molecule has 0 amide bonds. The zero-order valence-corrected chi connectivity index (χ0v) is 11.9. The topological polar surface area (TPSA) is 63.8 Å². The minimum Gasteiger partial charge on any atom is -0.339 e. The second-order valence-corrected chi connectivity index (χ2v) is 4.68. The minimum atomic E-state index is -0.385. The molecule has 2 atom stereocenters. The lowest BCUT2D eigenvalue weighted by Gasteiger charge is -2.19. The SMILES string of the molecule is CCNC(C)C(CC)c1nc(-c2ccc(F)cn2)no1. The molecule has 0 aliphatic heterocycles. The maximum absolute atomic E-state index is 12.8. The first-order valence-electron chi connectivity index (χ1n) is 6.84. The number of halogens is 1. The van der Waals surface area contributed by atoms with Gasteiger partial charge in [0.1, 0.15) is 11.5 Å². The lowest BCUT2D eigenvalue weighted by molar-refractivity contribution is 0.318. The molecule has 2 rings (SSSR count). The van der Waals surface area contributed by atoms with E-state index in [2.05, 4.69) is 41.2 Å². The monoisotopic (exact) mass is 278 g/mol. The van der Waals surface area contributed by atoms with Crippen LogP contribution in [0.5, 0.6) is 0 Å². The van der Waals surface area contributed by atoms with Crippen molar-refractivity contribution >= 4 is 0 Å². The molecule has 5 nitrogen and oxygen atoms in total. The molecule has 2 aromatic rings. The molecule has 2 aromatic heterocycles. The van der Waals surface area contributed by atoms with Crippen LogP contribution in [0.3, 0.4) is 0 Å². The van der Waals surface area contributed by atoms with Gasteiger partial charge in [-0.3, -0.25) is 0 Å². The number of hydrogen-bond donors (Lipinski definition) is 1. The number of nitrogens with zero attached hydrogens (tertiary/aromatic N) is 3. The van der Waals surface area contributed by atoms with Crippen LogP contribution < -0.4 is 5.32 Å². The third-order valence-corrected chi connectivity index (χ3v) is 3.28. The Labute approximate surface area is 117 Å². The van der Waals surface area contributed by atoms with Gasteiger partial charge in [-0.1, -0.05) is 19.0 Å². The summed E-state index contributed by atoms with van der Waals surface area (Å²) in [5.74, 6) is 0.741. The highest BCUT2D eigenvalue weighted by molar-refractivity contribution is 5.47. The van der Waals surface area contributed by atoms with E-state index in [9.17, 15) is 4.39 Å². The summed E-state index contributed by atoms with van der Waals surface area (Å²) in [5, 5.41) is 7.29. The van der Waals surface area contributed by atoms with E-state index in [1.54, 1.807) is 6.07 Å². The highest BCUT2D eigenvalue weighted by Crippen LogP contribution is 2.24. The normalized spacial score (nSPS) is 14.2. The summed E-state index contributed by atoms with van der Waals surface area (Å²) in [7, 11) is 0. The molecular formula is C14H19FN4O. The number of likely N-dealkylation sites (N-methyl/N-ethyl adjacent to an activating group) is 1. The predicted molar refractivity (Wildman–Crippen MR) is 73.7 cm³/mol. The molecule has 6 heteroatoms. The molecule has 0 aliphatic rings. The fourth-order valence-electron chi connectivity index (χ4n) is 2.20. The van der Waals surface area contributed by atoms with Gasteiger partial charge in [0.05, 0.1) is 12.1 Å². The smallest absolute Gasteiger partial charge is 0.231 e. The van der Waals surface area contributed by atoms with Crippen LogP contribution in [0.2, 0.25) is 0 Å². The van der Waals surface area contributed by atoms with E-state index in [0.29, 0.717) is 17.4 Å². The van der Waals surface area contributed by atoms with Crippen molar-refractivity contribution in [2.75, 3.05) is 6.54 Å². The van der Waals surface area contributed by atoms with Crippen molar-refractivity contribution in [2.24, 2.45) is 0 Å². The van der Waals surface area contributed by atoms with Crippen molar-refractivity contribution in [3.05, 3.63) is 30.0 Å². The third kappa shape index (κ3) is 3.19. The first-order valence-corrected chi connectivity index (χ1v) is 6.84. The van der Waals surface area contributed by atoms with Crippen LogP contribution in [0.4, 0.5) is 4.39 Å². The molecule has 108 valence electrons. The van der Waals surface area contributed by atoms with Crippen molar-refractivity contribution in [1.82, 2.24) is 20.4 Å². The lowest BCUT2D eigenvalue weighted by Crippen LogP contribution is -2.31. The van der Waals surface area contributed by atoms with Gasteiger partial charge in [-0.2, -0.15) is 4.98 Å². The molecule has 20 heavy (non-hydrogen) atoms. The number of pyridine rings is 1. The molecule has 0 bridgehead atoms. The van der Waals surface area contributed by atoms with Gasteiger partial charge >= 0.3 is 0 Å². The fourth-order valence-corrected chi connectivity index (χ4v) is 2.20. The Hall–Kier alpha value is -1.82. The summed E-state index contributed by atoms with van der Waals surface area (Å²) in [6.07, 6.45) is 2.04. The van der Waals surface area contributed by atoms with E-state index >= 15 is 0 Å². The molecule has 0 spiro atoms. The molecule has 2 unspecified atom stereocenters. The van der Waals surface area contributed by atoms with Crippen molar-refractivity contribution in [3.63, 3.8) is 0 Å². The van der Waals surface area contributed by atoms with Gasteiger partial charge in [-0.05, 0) is 32.0 Å². The third-order valence-electron chi connectivity index (χ3n) is 3.28. The Kier molecular flexibility index (Phi) is 4.79. The van der Waals surface area contributed by atoms with Crippen LogP contribution in [0.1, 0.15) is 39.0 Å². The molecule has 0 radical (unpaired) electrons. The highest BCUT2D eigenvalue weighted by Gasteiger charge is 2.23. The number of aromatic nitrogens is 3. The zero-order valence-electron chi connectivity index (χ0n) is 11.9.